The van der Waals surface area contributed by atoms with Crippen LogP contribution in [0.4, 0.5) is 4.39 Å². The summed E-state index contributed by atoms with van der Waals surface area (Å²) >= 11 is 12.4. The number of rotatable bonds is 7. The van der Waals surface area contributed by atoms with E-state index in [0.717, 1.165) is 29.7 Å². The minimum atomic E-state index is -0.655. The van der Waals surface area contributed by atoms with Crippen LogP contribution in [0.25, 0.3) is 0 Å². The molecule has 31 heavy (non-hydrogen) atoms. The molecule has 0 aromatic heterocycles. The Morgan fingerprint density at radius 1 is 0.968 bits per heavy atom. The number of piperidine rings is 1. The molecule has 0 radical (unpaired) electrons. The van der Waals surface area contributed by atoms with Gasteiger partial charge in [-0.1, -0.05) is 71.7 Å². The van der Waals surface area contributed by atoms with Gasteiger partial charge in [-0.25, -0.2) is 4.39 Å². The fourth-order valence-electron chi connectivity index (χ4n) is 3.95. The molecule has 0 saturated carbocycles. The first-order valence-electron chi connectivity index (χ1n) is 10.3. The van der Waals surface area contributed by atoms with E-state index in [4.69, 9.17) is 32.7 Å². The third kappa shape index (κ3) is 5.28. The predicted molar refractivity (Wildman–Crippen MR) is 122 cm³/mol. The molecule has 3 nitrogen and oxygen atoms in total. The van der Waals surface area contributed by atoms with Crippen LogP contribution in [0, 0.1) is 5.82 Å². The van der Waals surface area contributed by atoms with Crippen LogP contribution in [0.1, 0.15) is 23.1 Å². The van der Waals surface area contributed by atoms with Crippen molar-refractivity contribution in [2.75, 3.05) is 13.1 Å². The second-order valence-electron chi connectivity index (χ2n) is 7.66. The molecule has 1 saturated heterocycles. The summed E-state index contributed by atoms with van der Waals surface area (Å²) in [5.74, 6) is -0.366. The van der Waals surface area contributed by atoms with E-state index in [2.05, 4.69) is 5.32 Å². The van der Waals surface area contributed by atoms with E-state index in [9.17, 15) is 4.39 Å². The summed E-state index contributed by atoms with van der Waals surface area (Å²) in [5.41, 5.74) is 2.19. The van der Waals surface area contributed by atoms with Gasteiger partial charge in [0.15, 0.2) is 0 Å². The zero-order chi connectivity index (χ0) is 21.7. The van der Waals surface area contributed by atoms with E-state index in [1.54, 1.807) is 6.07 Å². The molecule has 0 spiro atoms. The van der Waals surface area contributed by atoms with Crippen LogP contribution in [0.5, 0.6) is 0 Å². The van der Waals surface area contributed by atoms with Crippen LogP contribution in [0.3, 0.4) is 0 Å². The standard InChI is InChI=1S/C25H24Cl2FNO2/c26-21-9-7-20(8-10-21)25(31-16-18-4-2-1-3-5-18)12-13-29-15-24(25)30-17-19-6-11-22(28)14-23(19)27/h1-11,14,24,29H,12-13,15-17H2/t24-,25+/m0/s1. The monoisotopic (exact) mass is 459 g/mol. The second kappa shape index (κ2) is 10.1. The van der Waals surface area contributed by atoms with Crippen molar-refractivity contribution in [2.45, 2.75) is 31.3 Å². The van der Waals surface area contributed by atoms with E-state index < -0.39 is 5.60 Å². The lowest BCUT2D eigenvalue weighted by molar-refractivity contribution is -0.176. The van der Waals surface area contributed by atoms with E-state index in [1.807, 2.05) is 54.6 Å². The van der Waals surface area contributed by atoms with Crippen LogP contribution >= 0.6 is 23.2 Å². The first-order valence-corrected chi connectivity index (χ1v) is 11.0. The Hall–Kier alpha value is -1.95. The average Bonchev–Trinajstić information content (AvgIpc) is 2.79. The lowest BCUT2D eigenvalue weighted by atomic mass is 9.82. The Labute approximate surface area is 192 Å². The van der Waals surface area contributed by atoms with E-state index in [1.165, 1.54) is 12.1 Å². The first-order chi connectivity index (χ1) is 15.1. The third-order valence-corrected chi connectivity index (χ3v) is 6.25. The Morgan fingerprint density at radius 2 is 1.74 bits per heavy atom. The molecule has 1 heterocycles. The predicted octanol–water partition coefficient (Wildman–Crippen LogP) is 6.12. The molecule has 0 amide bonds. The van der Waals surface area contributed by atoms with Gasteiger partial charge in [-0.15, -0.1) is 0 Å². The Bertz CT molecular complexity index is 1000. The Balaban J connectivity index is 1.61. The number of benzene rings is 3. The van der Waals surface area contributed by atoms with Crippen molar-refractivity contribution >= 4 is 23.2 Å². The van der Waals surface area contributed by atoms with E-state index >= 15 is 0 Å². The summed E-state index contributed by atoms with van der Waals surface area (Å²) < 4.78 is 26.4. The van der Waals surface area contributed by atoms with Gasteiger partial charge in [-0.05, 0) is 53.9 Å². The molecule has 0 aliphatic carbocycles. The van der Waals surface area contributed by atoms with Crippen molar-refractivity contribution in [1.29, 1.82) is 0 Å². The minimum absolute atomic E-state index is 0.259. The van der Waals surface area contributed by atoms with Crippen molar-refractivity contribution in [3.8, 4) is 0 Å². The molecule has 3 aromatic carbocycles. The van der Waals surface area contributed by atoms with Gasteiger partial charge in [-0.3, -0.25) is 0 Å². The smallest absolute Gasteiger partial charge is 0.124 e. The Morgan fingerprint density at radius 3 is 2.48 bits per heavy atom. The highest BCUT2D eigenvalue weighted by atomic mass is 35.5. The maximum atomic E-state index is 13.4. The normalized spacial score (nSPS) is 21.2. The van der Waals surface area contributed by atoms with Crippen LogP contribution in [-0.2, 0) is 28.3 Å². The van der Waals surface area contributed by atoms with Crippen molar-refractivity contribution in [3.63, 3.8) is 0 Å². The Kier molecular flexibility index (Phi) is 7.26. The largest absolute Gasteiger partial charge is 0.369 e. The molecule has 1 N–H and O–H groups in total. The minimum Gasteiger partial charge on any atom is -0.369 e. The number of ether oxygens (including phenoxy) is 2. The quantitative estimate of drug-likeness (QED) is 0.461. The van der Waals surface area contributed by atoms with Crippen LogP contribution in [0.2, 0.25) is 10.0 Å². The molecule has 1 aliphatic heterocycles. The zero-order valence-corrected chi connectivity index (χ0v) is 18.5. The van der Waals surface area contributed by atoms with E-state index in [-0.39, 0.29) is 18.5 Å². The van der Waals surface area contributed by atoms with Gasteiger partial charge >= 0.3 is 0 Å². The summed E-state index contributed by atoms with van der Waals surface area (Å²) in [7, 11) is 0. The lowest BCUT2D eigenvalue weighted by Crippen LogP contribution is -2.54. The molecule has 0 bridgehead atoms. The summed E-state index contributed by atoms with van der Waals surface area (Å²) in [5, 5.41) is 4.43. The number of hydrogen-bond donors (Lipinski definition) is 1. The van der Waals surface area contributed by atoms with Crippen LogP contribution < -0.4 is 5.32 Å². The fourth-order valence-corrected chi connectivity index (χ4v) is 4.30. The molecule has 0 unspecified atom stereocenters. The molecule has 4 rings (SSSR count). The topological polar surface area (TPSA) is 30.5 Å². The van der Waals surface area contributed by atoms with Crippen LogP contribution in [-0.4, -0.2) is 19.2 Å². The van der Waals surface area contributed by atoms with Gasteiger partial charge in [-0.2, -0.15) is 0 Å². The third-order valence-electron chi connectivity index (χ3n) is 5.65. The summed E-state index contributed by atoms with van der Waals surface area (Å²) in [6.07, 6.45) is 0.468. The van der Waals surface area contributed by atoms with Gasteiger partial charge in [0, 0.05) is 16.6 Å². The average molecular weight is 460 g/mol. The van der Waals surface area contributed by atoms with Gasteiger partial charge in [0.1, 0.15) is 17.5 Å². The second-order valence-corrected chi connectivity index (χ2v) is 8.50. The van der Waals surface area contributed by atoms with Crippen LogP contribution in [0.15, 0.2) is 72.8 Å². The highest BCUT2D eigenvalue weighted by molar-refractivity contribution is 6.31. The number of hydrogen-bond acceptors (Lipinski definition) is 3. The SMILES string of the molecule is Fc1ccc(CO[C@H]2CNCC[C@@]2(OCc2ccccc2)c2ccc(Cl)cc2)c(Cl)c1. The van der Waals surface area contributed by atoms with Crippen molar-refractivity contribution in [1.82, 2.24) is 5.32 Å². The van der Waals surface area contributed by atoms with Crippen molar-refractivity contribution in [2.24, 2.45) is 0 Å². The molecule has 162 valence electrons. The molecule has 1 fully saturated rings. The molecule has 3 aromatic rings. The van der Waals surface area contributed by atoms with Crippen molar-refractivity contribution < 1.29 is 13.9 Å². The maximum absolute atomic E-state index is 13.4. The van der Waals surface area contributed by atoms with Gasteiger partial charge in [0.05, 0.1) is 13.2 Å². The maximum Gasteiger partial charge on any atom is 0.124 e. The van der Waals surface area contributed by atoms with Gasteiger partial charge < -0.3 is 14.8 Å². The number of nitrogens with one attached hydrogen (secondary N) is 1. The molecular formula is C25H24Cl2FNO2. The summed E-state index contributed by atoms with van der Waals surface area (Å²) in [6.45, 7) is 2.14. The van der Waals surface area contributed by atoms with E-state index in [0.29, 0.717) is 23.2 Å². The summed E-state index contributed by atoms with van der Waals surface area (Å²) in [6, 6.07) is 22.2. The van der Waals surface area contributed by atoms with Gasteiger partial charge in [0.2, 0.25) is 0 Å². The molecular weight excluding hydrogens is 436 g/mol. The lowest BCUT2D eigenvalue weighted by Gasteiger charge is -2.44. The molecule has 6 heteroatoms. The molecule has 1 aliphatic rings. The highest BCUT2D eigenvalue weighted by Gasteiger charge is 2.44. The van der Waals surface area contributed by atoms with Crippen molar-refractivity contribution in [3.05, 3.63) is 105 Å². The first kappa shape index (κ1) is 22.3. The fraction of sp³-hybridized carbons (Fsp3) is 0.280. The zero-order valence-electron chi connectivity index (χ0n) is 17.0. The summed E-state index contributed by atoms with van der Waals surface area (Å²) in [4.78, 5) is 0. The molecule has 2 atom stereocenters. The number of halogens is 3. The highest BCUT2D eigenvalue weighted by Crippen LogP contribution is 2.39. The van der Waals surface area contributed by atoms with Gasteiger partial charge in [0.25, 0.3) is 0 Å².